The van der Waals surface area contributed by atoms with E-state index in [0.29, 0.717) is 12.2 Å². The van der Waals surface area contributed by atoms with E-state index in [1.807, 2.05) is 0 Å². The summed E-state index contributed by atoms with van der Waals surface area (Å²) in [7, 11) is -0.227. The van der Waals surface area contributed by atoms with Crippen LogP contribution in [-0.4, -0.2) is 26.6 Å². The summed E-state index contributed by atoms with van der Waals surface area (Å²) in [5.74, 6) is -0.268. The first-order valence-corrected chi connectivity index (χ1v) is 11.3. The largest absolute Gasteiger partial charge is 0.462 e. The summed E-state index contributed by atoms with van der Waals surface area (Å²) < 4.78 is 5.01. The van der Waals surface area contributed by atoms with Gasteiger partial charge in [0.2, 0.25) is 0 Å². The van der Waals surface area contributed by atoms with Gasteiger partial charge in [0, 0.05) is 5.57 Å². The van der Waals surface area contributed by atoms with Gasteiger partial charge >= 0.3 is 5.97 Å². The molecule has 22 heavy (non-hydrogen) atoms. The van der Waals surface area contributed by atoms with Crippen LogP contribution in [-0.2, 0) is 9.53 Å². The summed E-state index contributed by atoms with van der Waals surface area (Å²) in [4.78, 5) is 11.1. The van der Waals surface area contributed by atoms with Crippen molar-refractivity contribution in [2.24, 2.45) is 0 Å². The van der Waals surface area contributed by atoms with Crippen LogP contribution in [0.4, 0.5) is 0 Å². The SMILES string of the molecule is C=C(C)C(=O)OCCCCCCCCCCCC[SiH2]C(Cl)Cl. The third-order valence-corrected chi connectivity index (χ3v) is 6.30. The molecule has 0 aromatic rings. The minimum Gasteiger partial charge on any atom is -0.462 e. The molecule has 0 aromatic carbocycles. The molecule has 0 atom stereocenters. The van der Waals surface area contributed by atoms with Crippen LogP contribution in [0.3, 0.4) is 0 Å². The summed E-state index contributed by atoms with van der Waals surface area (Å²) in [6.07, 6.45) is 12.7. The third-order valence-electron chi connectivity index (χ3n) is 3.65. The molecule has 0 aliphatic carbocycles. The molecule has 130 valence electrons. The van der Waals surface area contributed by atoms with Crippen molar-refractivity contribution in [3.05, 3.63) is 12.2 Å². The van der Waals surface area contributed by atoms with Crippen molar-refractivity contribution in [3.8, 4) is 0 Å². The van der Waals surface area contributed by atoms with Crippen molar-refractivity contribution in [1.29, 1.82) is 0 Å². The lowest BCUT2D eigenvalue weighted by molar-refractivity contribution is -0.139. The molecule has 0 radical (unpaired) electrons. The fourth-order valence-electron chi connectivity index (χ4n) is 2.28. The predicted octanol–water partition coefficient (Wildman–Crippen LogP) is 5.36. The number of alkyl halides is 2. The van der Waals surface area contributed by atoms with Crippen LogP contribution in [0.5, 0.6) is 0 Å². The second kappa shape index (κ2) is 15.9. The third kappa shape index (κ3) is 16.4. The van der Waals surface area contributed by atoms with Crippen molar-refractivity contribution in [3.63, 3.8) is 0 Å². The molecule has 0 rings (SSSR count). The number of hydrogen-bond donors (Lipinski definition) is 0. The van der Waals surface area contributed by atoms with Crippen LogP contribution in [0.1, 0.15) is 71.1 Å². The normalized spacial score (nSPS) is 11.5. The minimum absolute atomic E-state index is 0.0516. The molecule has 0 spiro atoms. The second-order valence-corrected chi connectivity index (χ2v) is 10.4. The lowest BCUT2D eigenvalue weighted by Crippen LogP contribution is -2.05. The van der Waals surface area contributed by atoms with Gasteiger partial charge in [0.25, 0.3) is 0 Å². The molecular weight excluding hydrogens is 335 g/mol. The molecule has 0 aliphatic rings. The summed E-state index contributed by atoms with van der Waals surface area (Å²) in [6, 6.07) is 1.29. The molecule has 5 heteroatoms. The highest BCUT2D eigenvalue weighted by molar-refractivity contribution is 6.68. The van der Waals surface area contributed by atoms with Crippen LogP contribution < -0.4 is 0 Å². The number of rotatable bonds is 15. The van der Waals surface area contributed by atoms with E-state index >= 15 is 0 Å². The molecule has 0 amide bonds. The topological polar surface area (TPSA) is 26.3 Å². The molecule has 0 aliphatic heterocycles. The Balaban J connectivity index is 3.08. The highest BCUT2D eigenvalue weighted by atomic mass is 35.5. The van der Waals surface area contributed by atoms with Gasteiger partial charge < -0.3 is 4.74 Å². The van der Waals surface area contributed by atoms with Crippen LogP contribution >= 0.6 is 23.2 Å². The van der Waals surface area contributed by atoms with Crippen LogP contribution in [0, 0.1) is 0 Å². The summed E-state index contributed by atoms with van der Waals surface area (Å²) in [6.45, 7) is 5.76. The summed E-state index contributed by atoms with van der Waals surface area (Å²) >= 11 is 11.5. The van der Waals surface area contributed by atoms with Gasteiger partial charge in [0.1, 0.15) is 0 Å². The van der Waals surface area contributed by atoms with Crippen LogP contribution in [0.2, 0.25) is 6.04 Å². The van der Waals surface area contributed by atoms with Crippen molar-refractivity contribution >= 4 is 38.7 Å². The van der Waals surface area contributed by atoms with E-state index in [-0.39, 0.29) is 19.9 Å². The fraction of sp³-hybridized carbons (Fsp3) is 0.824. The van der Waals surface area contributed by atoms with Crippen molar-refractivity contribution in [2.45, 2.75) is 81.6 Å². The Hall–Kier alpha value is 0.00688. The Kier molecular flexibility index (Phi) is 15.9. The second-order valence-electron chi connectivity index (χ2n) is 5.99. The quantitative estimate of drug-likeness (QED) is 0.128. The Bertz CT molecular complexity index is 296. The molecule has 0 aromatic heterocycles. The number of halogens is 2. The van der Waals surface area contributed by atoms with Gasteiger partial charge in [0.05, 0.1) is 20.6 Å². The van der Waals surface area contributed by atoms with Gasteiger partial charge in [-0.25, -0.2) is 4.79 Å². The lowest BCUT2D eigenvalue weighted by atomic mass is 10.1. The molecule has 2 nitrogen and oxygen atoms in total. The average molecular weight is 367 g/mol. The highest BCUT2D eigenvalue weighted by Gasteiger charge is 2.02. The number of ether oxygens (including phenoxy) is 1. The number of carbonyl (C=O) groups excluding carboxylic acids is 1. The van der Waals surface area contributed by atoms with Gasteiger partial charge in [-0.2, -0.15) is 0 Å². The first-order chi connectivity index (χ1) is 10.5. The van der Waals surface area contributed by atoms with E-state index < -0.39 is 0 Å². The van der Waals surface area contributed by atoms with Crippen molar-refractivity contribution < 1.29 is 9.53 Å². The zero-order valence-electron chi connectivity index (χ0n) is 14.0. The molecule has 0 saturated carbocycles. The minimum atomic E-state index is -0.268. The van der Waals surface area contributed by atoms with E-state index in [4.69, 9.17) is 27.9 Å². The fourth-order valence-corrected chi connectivity index (χ4v) is 4.16. The standard InChI is InChI=1S/C17H32Cl2O2Si/c1-15(2)16(20)21-13-11-9-7-5-3-4-6-8-10-12-14-22-17(18)19/h17H,1,3-14,22H2,2H3. The Morgan fingerprint density at radius 2 is 1.41 bits per heavy atom. The smallest absolute Gasteiger partial charge is 0.333 e. The number of carbonyl (C=O) groups is 1. The predicted molar refractivity (Wildman–Crippen MR) is 101 cm³/mol. The maximum absolute atomic E-state index is 11.1. The first-order valence-electron chi connectivity index (χ1n) is 8.65. The highest BCUT2D eigenvalue weighted by Crippen LogP contribution is 2.12. The first kappa shape index (κ1) is 22.0. The van der Waals surface area contributed by atoms with Gasteiger partial charge in [0.15, 0.2) is 0 Å². The maximum Gasteiger partial charge on any atom is 0.333 e. The van der Waals surface area contributed by atoms with E-state index in [9.17, 15) is 4.79 Å². The van der Waals surface area contributed by atoms with Crippen molar-refractivity contribution in [2.75, 3.05) is 6.61 Å². The molecule has 0 bridgehead atoms. The molecule has 0 N–H and O–H groups in total. The van der Waals surface area contributed by atoms with Crippen molar-refractivity contribution in [1.82, 2.24) is 0 Å². The monoisotopic (exact) mass is 366 g/mol. The number of hydrogen-bond acceptors (Lipinski definition) is 2. The van der Waals surface area contributed by atoms with E-state index in [1.165, 1.54) is 57.4 Å². The molecular formula is C17H32Cl2O2Si. The average Bonchev–Trinajstić information content (AvgIpc) is 2.46. The maximum atomic E-state index is 11.1. The van der Waals surface area contributed by atoms with Gasteiger partial charge in [-0.3, -0.25) is 0 Å². The van der Waals surface area contributed by atoms with Crippen LogP contribution in [0.15, 0.2) is 12.2 Å². The Morgan fingerprint density at radius 3 is 1.86 bits per heavy atom. The molecule has 0 unspecified atom stereocenters. The number of esters is 1. The zero-order valence-corrected chi connectivity index (χ0v) is 17.0. The Labute approximate surface area is 148 Å². The zero-order chi connectivity index (χ0) is 16.6. The summed E-state index contributed by atoms with van der Waals surface area (Å²) in [5.41, 5.74) is 0.479. The van der Waals surface area contributed by atoms with Gasteiger partial charge in [-0.05, 0) is 13.3 Å². The molecule has 0 saturated heterocycles. The Morgan fingerprint density at radius 1 is 0.955 bits per heavy atom. The molecule has 0 fully saturated rings. The van der Waals surface area contributed by atoms with Gasteiger partial charge in [-0.15, -0.1) is 23.2 Å². The lowest BCUT2D eigenvalue weighted by Gasteiger charge is -2.05. The molecule has 0 heterocycles. The number of unbranched alkanes of at least 4 members (excludes halogenated alkanes) is 9. The van der Waals surface area contributed by atoms with Crippen LogP contribution in [0.25, 0.3) is 0 Å². The van der Waals surface area contributed by atoms with E-state index in [2.05, 4.69) is 6.58 Å². The summed E-state index contributed by atoms with van der Waals surface area (Å²) in [5, 5.41) is 0. The van der Waals surface area contributed by atoms with E-state index in [1.54, 1.807) is 6.92 Å². The van der Waals surface area contributed by atoms with Gasteiger partial charge in [-0.1, -0.05) is 70.4 Å². The van der Waals surface area contributed by atoms with E-state index in [0.717, 1.165) is 12.8 Å².